The first kappa shape index (κ1) is 31.6. The summed E-state index contributed by atoms with van der Waals surface area (Å²) in [6.45, 7) is -1.86. The van der Waals surface area contributed by atoms with Crippen molar-refractivity contribution in [1.29, 1.82) is 0 Å². The smallest absolute Gasteiger partial charge is 0.457 e. The summed E-state index contributed by atoms with van der Waals surface area (Å²) in [4.78, 5) is 0.860. The van der Waals surface area contributed by atoms with Crippen molar-refractivity contribution in [3.63, 3.8) is 0 Å². The maximum Gasteiger partial charge on any atom is 0.460 e. The zero-order valence-electron chi connectivity index (χ0n) is 19.7. The molecular weight excluding hydrogens is 607 g/mol. The van der Waals surface area contributed by atoms with Crippen LogP contribution in [0.1, 0.15) is 11.1 Å². The van der Waals surface area contributed by atoms with Crippen molar-refractivity contribution < 1.29 is 53.7 Å². The summed E-state index contributed by atoms with van der Waals surface area (Å²) in [7, 11) is 0. The Hall–Kier alpha value is -2.90. The van der Waals surface area contributed by atoms with E-state index in [0.29, 0.717) is 12.1 Å². The third-order valence-electron chi connectivity index (χ3n) is 5.49. The van der Waals surface area contributed by atoms with Crippen LogP contribution in [0.2, 0.25) is 10.0 Å². The van der Waals surface area contributed by atoms with Crippen LogP contribution in [0.4, 0.5) is 49.6 Å². The van der Waals surface area contributed by atoms with E-state index in [0.717, 1.165) is 17.0 Å². The van der Waals surface area contributed by atoms with Crippen LogP contribution in [0.3, 0.4) is 0 Å². The van der Waals surface area contributed by atoms with Gasteiger partial charge in [-0.3, -0.25) is 0 Å². The van der Waals surface area contributed by atoms with Crippen LogP contribution in [-0.4, -0.2) is 36.0 Å². The summed E-state index contributed by atoms with van der Waals surface area (Å²) in [5.41, 5.74) is -2.10. The molecule has 0 heterocycles. The molecule has 0 aromatic heterocycles. The predicted octanol–water partition coefficient (Wildman–Crippen LogP) is 9.00. The lowest BCUT2D eigenvalue weighted by Crippen LogP contribution is -2.50. The SMILES string of the molecule is OC(CN(Cc1cccc(C(F)(F)C(F)(F)C(F)(F)F)c1)c1cccc(Oc2ccc(Cl)c(Cl)c2)c1)C(F)(F)F. The van der Waals surface area contributed by atoms with E-state index in [1.807, 2.05) is 0 Å². The number of aliphatic hydroxyl groups is 1. The summed E-state index contributed by atoms with van der Waals surface area (Å²) < 4.78 is 139. The molecule has 1 atom stereocenters. The van der Waals surface area contributed by atoms with Gasteiger partial charge in [-0.1, -0.05) is 47.5 Å². The molecule has 1 unspecified atom stereocenters. The fraction of sp³-hybridized carbons (Fsp3) is 0.280. The molecule has 218 valence electrons. The zero-order chi connectivity index (χ0) is 30.1. The van der Waals surface area contributed by atoms with Gasteiger partial charge in [0.25, 0.3) is 0 Å². The van der Waals surface area contributed by atoms with Crippen molar-refractivity contribution >= 4 is 28.9 Å². The number of halogens is 12. The molecule has 0 aliphatic rings. The maximum atomic E-state index is 14.2. The van der Waals surface area contributed by atoms with Crippen molar-refractivity contribution in [2.24, 2.45) is 0 Å². The van der Waals surface area contributed by atoms with Gasteiger partial charge in [-0.05, 0) is 35.9 Å². The van der Waals surface area contributed by atoms with Crippen molar-refractivity contribution in [3.8, 4) is 11.5 Å². The number of rotatable bonds is 9. The average Bonchev–Trinajstić information content (AvgIpc) is 2.85. The highest BCUT2D eigenvalue weighted by atomic mass is 35.5. The molecule has 0 fully saturated rings. The fourth-order valence-electron chi connectivity index (χ4n) is 3.44. The quantitative estimate of drug-likeness (QED) is 0.241. The largest absolute Gasteiger partial charge is 0.460 e. The minimum Gasteiger partial charge on any atom is -0.457 e. The Morgan fingerprint density at radius 1 is 0.750 bits per heavy atom. The summed E-state index contributed by atoms with van der Waals surface area (Å²) >= 11 is 11.8. The first-order chi connectivity index (χ1) is 18.3. The summed E-state index contributed by atoms with van der Waals surface area (Å²) in [6, 6.07) is 11.9. The summed E-state index contributed by atoms with van der Waals surface area (Å²) in [6.07, 6.45) is -14.6. The van der Waals surface area contributed by atoms with Gasteiger partial charge in [0.2, 0.25) is 0 Å². The van der Waals surface area contributed by atoms with Crippen LogP contribution >= 0.6 is 23.2 Å². The lowest BCUT2D eigenvalue weighted by molar-refractivity contribution is -0.359. The van der Waals surface area contributed by atoms with Gasteiger partial charge in [-0.2, -0.15) is 43.9 Å². The van der Waals surface area contributed by atoms with Gasteiger partial charge in [-0.15, -0.1) is 0 Å². The Labute approximate surface area is 230 Å². The van der Waals surface area contributed by atoms with Crippen molar-refractivity contribution in [3.05, 3.63) is 87.9 Å². The highest BCUT2D eigenvalue weighted by Crippen LogP contribution is 2.51. The molecule has 15 heteroatoms. The highest BCUT2D eigenvalue weighted by Gasteiger charge is 2.73. The Balaban J connectivity index is 1.97. The Kier molecular flexibility index (Phi) is 9.12. The van der Waals surface area contributed by atoms with E-state index in [2.05, 4.69) is 0 Å². The Morgan fingerprint density at radius 2 is 1.38 bits per heavy atom. The van der Waals surface area contributed by atoms with Crippen LogP contribution in [0.5, 0.6) is 11.5 Å². The number of anilines is 1. The van der Waals surface area contributed by atoms with E-state index in [1.165, 1.54) is 42.5 Å². The first-order valence-corrected chi connectivity index (χ1v) is 11.7. The zero-order valence-corrected chi connectivity index (χ0v) is 21.2. The van der Waals surface area contributed by atoms with Gasteiger partial charge >= 0.3 is 24.2 Å². The Bertz CT molecular complexity index is 1330. The molecule has 0 amide bonds. The van der Waals surface area contributed by atoms with Crippen molar-refractivity contribution in [1.82, 2.24) is 0 Å². The van der Waals surface area contributed by atoms with E-state index < -0.39 is 49.0 Å². The highest BCUT2D eigenvalue weighted by molar-refractivity contribution is 6.42. The Morgan fingerprint density at radius 3 is 1.98 bits per heavy atom. The average molecular weight is 624 g/mol. The van der Waals surface area contributed by atoms with Crippen LogP contribution < -0.4 is 9.64 Å². The van der Waals surface area contributed by atoms with Gasteiger partial charge in [0.15, 0.2) is 6.10 Å². The number of aliphatic hydroxyl groups excluding tert-OH is 1. The van der Waals surface area contributed by atoms with E-state index in [1.54, 1.807) is 0 Å². The van der Waals surface area contributed by atoms with Crippen molar-refractivity contribution in [2.75, 3.05) is 11.4 Å². The van der Waals surface area contributed by atoms with Gasteiger partial charge in [-0.25, -0.2) is 0 Å². The number of hydrogen-bond acceptors (Lipinski definition) is 3. The van der Waals surface area contributed by atoms with E-state index in [-0.39, 0.29) is 32.8 Å². The molecule has 3 rings (SSSR count). The van der Waals surface area contributed by atoms with Crippen LogP contribution in [-0.2, 0) is 12.5 Å². The molecule has 0 aliphatic heterocycles. The molecule has 0 bridgehead atoms. The molecule has 40 heavy (non-hydrogen) atoms. The second-order valence-corrected chi connectivity index (χ2v) is 9.27. The predicted molar refractivity (Wildman–Crippen MR) is 127 cm³/mol. The molecule has 0 aliphatic carbocycles. The van der Waals surface area contributed by atoms with Crippen LogP contribution in [0.25, 0.3) is 0 Å². The molecule has 3 nitrogen and oxygen atoms in total. The summed E-state index contributed by atoms with van der Waals surface area (Å²) in [5, 5.41) is 10.0. The standard InChI is InChI=1S/C25H17Cl2F10NO2/c26-19-8-7-18(11-20(19)27)40-17-6-2-5-16(10-17)38(13-21(39)23(30,31)32)12-14-3-1-4-15(9-14)22(28,29)24(33,34)25(35,36)37/h1-11,21,39H,12-13H2. The van der Waals surface area contributed by atoms with Crippen LogP contribution in [0, 0.1) is 0 Å². The van der Waals surface area contributed by atoms with Gasteiger partial charge in [0.05, 0.1) is 16.6 Å². The topological polar surface area (TPSA) is 32.7 Å². The molecule has 0 saturated carbocycles. The van der Waals surface area contributed by atoms with Crippen molar-refractivity contribution in [2.45, 2.75) is 36.8 Å². The number of ether oxygens (including phenoxy) is 1. The minimum absolute atomic E-state index is 0.0429. The lowest BCUT2D eigenvalue weighted by atomic mass is 9.99. The monoisotopic (exact) mass is 623 g/mol. The minimum atomic E-state index is -6.58. The fourth-order valence-corrected chi connectivity index (χ4v) is 3.73. The van der Waals surface area contributed by atoms with Crippen LogP contribution in [0.15, 0.2) is 66.7 Å². The molecule has 0 spiro atoms. The lowest BCUT2D eigenvalue weighted by Gasteiger charge is -2.30. The number of benzene rings is 3. The number of hydrogen-bond donors (Lipinski definition) is 1. The van der Waals surface area contributed by atoms with E-state index >= 15 is 0 Å². The second-order valence-electron chi connectivity index (χ2n) is 8.46. The molecule has 0 radical (unpaired) electrons. The molecule has 3 aromatic rings. The normalized spacial score (nSPS) is 13.7. The molecular formula is C25H17Cl2F10NO2. The molecule has 0 saturated heterocycles. The molecule has 3 aromatic carbocycles. The third kappa shape index (κ3) is 7.05. The number of alkyl halides is 10. The maximum absolute atomic E-state index is 14.2. The van der Waals surface area contributed by atoms with E-state index in [4.69, 9.17) is 27.9 Å². The summed E-state index contributed by atoms with van der Waals surface area (Å²) in [5.74, 6) is -11.9. The van der Waals surface area contributed by atoms with Gasteiger partial charge < -0.3 is 14.7 Å². The molecule has 1 N–H and O–H groups in total. The first-order valence-electron chi connectivity index (χ1n) is 11.0. The van der Waals surface area contributed by atoms with Gasteiger partial charge in [0, 0.05) is 29.9 Å². The third-order valence-corrected chi connectivity index (χ3v) is 6.23. The van der Waals surface area contributed by atoms with E-state index in [9.17, 15) is 49.0 Å². The second kappa shape index (κ2) is 11.5. The van der Waals surface area contributed by atoms with Gasteiger partial charge in [0.1, 0.15) is 11.5 Å². The number of nitrogens with zero attached hydrogens (tertiary/aromatic N) is 1.